The molecule has 0 saturated carbocycles. The highest BCUT2D eigenvalue weighted by atomic mass is 32.2. The monoisotopic (exact) mass is 402 g/mol. The van der Waals surface area contributed by atoms with Gasteiger partial charge in [-0.15, -0.1) is 0 Å². The Labute approximate surface area is 163 Å². The molecule has 0 radical (unpaired) electrons. The third-order valence-corrected chi connectivity index (χ3v) is 6.58. The summed E-state index contributed by atoms with van der Waals surface area (Å²) >= 11 is 0. The number of nitrogens with one attached hydrogen (secondary N) is 1. The van der Waals surface area contributed by atoms with E-state index in [4.69, 9.17) is 0 Å². The summed E-state index contributed by atoms with van der Waals surface area (Å²) in [6.45, 7) is 3.09. The number of hydrogen-bond acceptors (Lipinski definition) is 5. The Balaban J connectivity index is 1.67. The molecule has 0 aliphatic carbocycles. The van der Waals surface area contributed by atoms with Crippen molar-refractivity contribution in [3.8, 4) is 5.69 Å². The summed E-state index contributed by atoms with van der Waals surface area (Å²) in [4.78, 5) is 26.7. The number of benzene rings is 1. The van der Waals surface area contributed by atoms with Crippen LogP contribution in [0, 0.1) is 6.92 Å². The molecule has 0 bridgehead atoms. The Morgan fingerprint density at radius 1 is 1.04 bits per heavy atom. The van der Waals surface area contributed by atoms with Crippen LogP contribution in [0.3, 0.4) is 0 Å². The van der Waals surface area contributed by atoms with Crippen molar-refractivity contribution in [2.75, 3.05) is 18.4 Å². The zero-order valence-corrected chi connectivity index (χ0v) is 16.5. The van der Waals surface area contributed by atoms with E-state index in [1.54, 1.807) is 4.90 Å². The van der Waals surface area contributed by atoms with E-state index < -0.39 is 21.7 Å². The molecule has 0 unspecified atom stereocenters. The smallest absolute Gasteiger partial charge is 0.315 e. The van der Waals surface area contributed by atoms with Gasteiger partial charge in [0.2, 0.25) is 0 Å². The van der Waals surface area contributed by atoms with Crippen LogP contribution < -0.4 is 5.32 Å². The average Bonchev–Trinajstić information content (AvgIpc) is 3.15. The topological polar surface area (TPSA) is 101 Å². The summed E-state index contributed by atoms with van der Waals surface area (Å²) in [6.07, 6.45) is 2.82. The molecule has 0 atom stereocenters. The SMILES string of the molecule is Cc1ccc(-n2nc3c(c2NC(=O)C(=O)N2CCCCC2)CS(=O)(=O)C3)cc1. The van der Waals surface area contributed by atoms with Crippen LogP contribution in [0.4, 0.5) is 5.82 Å². The number of likely N-dealkylation sites (tertiary alicyclic amines) is 1. The van der Waals surface area contributed by atoms with E-state index in [2.05, 4.69) is 10.4 Å². The van der Waals surface area contributed by atoms with Crippen LogP contribution in [0.5, 0.6) is 0 Å². The maximum absolute atomic E-state index is 12.6. The molecule has 1 aromatic carbocycles. The number of aromatic nitrogens is 2. The van der Waals surface area contributed by atoms with Crippen molar-refractivity contribution in [1.82, 2.24) is 14.7 Å². The number of aryl methyl sites for hydroxylation is 1. The summed E-state index contributed by atoms with van der Waals surface area (Å²) in [7, 11) is -3.29. The number of sulfone groups is 1. The molecule has 1 fully saturated rings. The quantitative estimate of drug-likeness (QED) is 0.768. The van der Waals surface area contributed by atoms with Crippen LogP contribution in [0.25, 0.3) is 5.69 Å². The minimum atomic E-state index is -3.29. The molecule has 2 amide bonds. The van der Waals surface area contributed by atoms with E-state index in [9.17, 15) is 18.0 Å². The van der Waals surface area contributed by atoms with E-state index in [0.29, 0.717) is 30.0 Å². The van der Waals surface area contributed by atoms with Gasteiger partial charge >= 0.3 is 11.8 Å². The van der Waals surface area contributed by atoms with Gasteiger partial charge in [0.25, 0.3) is 0 Å². The molecule has 8 nitrogen and oxygen atoms in total. The van der Waals surface area contributed by atoms with Gasteiger partial charge < -0.3 is 10.2 Å². The molecule has 3 heterocycles. The van der Waals surface area contributed by atoms with Crippen LogP contribution >= 0.6 is 0 Å². The molecular formula is C19H22N4O4S. The first-order valence-electron chi connectivity index (χ1n) is 9.32. The van der Waals surface area contributed by atoms with Gasteiger partial charge in [0.1, 0.15) is 5.82 Å². The van der Waals surface area contributed by atoms with E-state index >= 15 is 0 Å². The largest absolute Gasteiger partial charge is 0.334 e. The lowest BCUT2D eigenvalue weighted by molar-refractivity contribution is -0.143. The Morgan fingerprint density at radius 2 is 1.71 bits per heavy atom. The van der Waals surface area contributed by atoms with Crippen molar-refractivity contribution in [3.63, 3.8) is 0 Å². The summed E-state index contributed by atoms with van der Waals surface area (Å²) < 4.78 is 25.6. The van der Waals surface area contributed by atoms with Gasteiger partial charge in [0, 0.05) is 18.7 Å². The Morgan fingerprint density at radius 3 is 2.39 bits per heavy atom. The Hall–Kier alpha value is -2.68. The zero-order chi connectivity index (χ0) is 19.9. The fourth-order valence-corrected chi connectivity index (χ4v) is 5.14. The predicted octanol–water partition coefficient (Wildman–Crippen LogP) is 1.56. The lowest BCUT2D eigenvalue weighted by atomic mass is 10.1. The Kier molecular flexibility index (Phi) is 4.70. The van der Waals surface area contributed by atoms with E-state index in [1.165, 1.54) is 4.68 Å². The molecule has 9 heteroatoms. The van der Waals surface area contributed by atoms with Crippen molar-refractivity contribution in [2.24, 2.45) is 0 Å². The third-order valence-electron chi connectivity index (χ3n) is 5.14. The molecule has 0 spiro atoms. The van der Waals surface area contributed by atoms with Crippen LogP contribution in [0.2, 0.25) is 0 Å². The maximum atomic E-state index is 12.6. The first kappa shape index (κ1) is 18.7. The number of carbonyl (C=O) groups is 2. The molecule has 28 heavy (non-hydrogen) atoms. The fourth-order valence-electron chi connectivity index (χ4n) is 3.65. The lowest BCUT2D eigenvalue weighted by Crippen LogP contribution is -2.42. The van der Waals surface area contributed by atoms with Gasteiger partial charge in [-0.2, -0.15) is 5.10 Å². The molecule has 1 N–H and O–H groups in total. The van der Waals surface area contributed by atoms with Gasteiger partial charge in [0.15, 0.2) is 9.84 Å². The van der Waals surface area contributed by atoms with Crippen molar-refractivity contribution in [3.05, 3.63) is 41.1 Å². The van der Waals surface area contributed by atoms with Crippen molar-refractivity contribution in [2.45, 2.75) is 37.7 Å². The fraction of sp³-hybridized carbons (Fsp3) is 0.421. The van der Waals surface area contributed by atoms with Gasteiger partial charge in [-0.1, -0.05) is 17.7 Å². The van der Waals surface area contributed by atoms with Crippen molar-refractivity contribution < 1.29 is 18.0 Å². The normalized spacial score (nSPS) is 18.0. The number of rotatable bonds is 2. The molecule has 2 aromatic rings. The number of carbonyl (C=O) groups excluding carboxylic acids is 2. The highest BCUT2D eigenvalue weighted by Crippen LogP contribution is 2.33. The van der Waals surface area contributed by atoms with Crippen molar-refractivity contribution >= 4 is 27.5 Å². The van der Waals surface area contributed by atoms with Gasteiger partial charge in [-0.05, 0) is 38.3 Å². The highest BCUT2D eigenvalue weighted by molar-refractivity contribution is 7.90. The summed E-state index contributed by atoms with van der Waals surface area (Å²) in [5, 5.41) is 7.05. The summed E-state index contributed by atoms with van der Waals surface area (Å²) in [5.41, 5.74) is 2.64. The van der Waals surface area contributed by atoms with E-state index in [1.807, 2.05) is 31.2 Å². The second-order valence-electron chi connectivity index (χ2n) is 7.36. The van der Waals surface area contributed by atoms with Gasteiger partial charge in [0.05, 0.1) is 22.9 Å². The molecule has 1 aromatic heterocycles. The number of hydrogen-bond donors (Lipinski definition) is 1. The second-order valence-corrected chi connectivity index (χ2v) is 9.42. The molecule has 2 aliphatic rings. The molecule has 148 valence electrons. The summed E-state index contributed by atoms with van der Waals surface area (Å²) in [5.74, 6) is -1.45. The highest BCUT2D eigenvalue weighted by Gasteiger charge is 2.34. The number of fused-ring (bicyclic) bond motifs is 1. The van der Waals surface area contributed by atoms with Crippen molar-refractivity contribution in [1.29, 1.82) is 0 Å². The van der Waals surface area contributed by atoms with Crippen LogP contribution in [-0.2, 0) is 30.9 Å². The number of piperidine rings is 1. The average molecular weight is 402 g/mol. The zero-order valence-electron chi connectivity index (χ0n) is 15.6. The van der Waals surface area contributed by atoms with E-state index in [-0.39, 0.29) is 17.3 Å². The number of amides is 2. The predicted molar refractivity (Wildman–Crippen MR) is 104 cm³/mol. The lowest BCUT2D eigenvalue weighted by Gasteiger charge is -2.26. The van der Waals surface area contributed by atoms with Gasteiger partial charge in [-0.25, -0.2) is 13.1 Å². The van der Waals surface area contributed by atoms with Crippen LogP contribution in [0.1, 0.15) is 36.1 Å². The van der Waals surface area contributed by atoms with E-state index in [0.717, 1.165) is 24.8 Å². The number of nitrogens with zero attached hydrogens (tertiary/aromatic N) is 3. The van der Waals surface area contributed by atoms with Gasteiger partial charge in [-0.3, -0.25) is 9.59 Å². The second kappa shape index (κ2) is 7.05. The Bertz CT molecular complexity index is 1030. The minimum Gasteiger partial charge on any atom is -0.334 e. The third kappa shape index (κ3) is 3.54. The number of anilines is 1. The molecule has 1 saturated heterocycles. The molecular weight excluding hydrogens is 380 g/mol. The minimum absolute atomic E-state index is 0.163. The van der Waals surface area contributed by atoms with Crippen LogP contribution in [-0.4, -0.2) is 48.0 Å². The summed E-state index contributed by atoms with van der Waals surface area (Å²) in [6, 6.07) is 7.49. The maximum Gasteiger partial charge on any atom is 0.315 e. The van der Waals surface area contributed by atoms with Crippen LogP contribution in [0.15, 0.2) is 24.3 Å². The molecule has 2 aliphatic heterocycles. The molecule has 4 rings (SSSR count). The first-order chi connectivity index (χ1) is 13.3. The first-order valence-corrected chi connectivity index (χ1v) is 11.1. The standard InChI is InChI=1S/C19H22N4O4S/c1-13-5-7-14(8-6-13)23-17(15-11-28(26,27)12-16(15)21-23)20-18(24)19(25)22-9-3-2-4-10-22/h5-8H,2-4,9-12H2,1H3,(H,20,24).